The summed E-state index contributed by atoms with van der Waals surface area (Å²) in [5.41, 5.74) is 2.32. The highest BCUT2D eigenvalue weighted by Crippen LogP contribution is 2.26. The van der Waals surface area contributed by atoms with Crippen molar-refractivity contribution in [2.24, 2.45) is 0 Å². The fraction of sp³-hybridized carbons (Fsp3) is 0.308. The molecule has 4 heteroatoms. The quantitative estimate of drug-likeness (QED) is 0.809. The van der Waals surface area contributed by atoms with Crippen LogP contribution in [-0.4, -0.2) is 22.8 Å². The Kier molecular flexibility index (Phi) is 2.90. The molecule has 0 N–H and O–H groups in total. The summed E-state index contributed by atoms with van der Waals surface area (Å²) < 4.78 is 13.1. The smallest absolute Gasteiger partial charge is 0.184 e. The number of ether oxygens (including phenoxy) is 2. The second-order valence-corrected chi connectivity index (χ2v) is 4.01. The van der Waals surface area contributed by atoms with Crippen molar-refractivity contribution in [1.29, 1.82) is 0 Å². The Hall–Kier alpha value is -1.65. The van der Waals surface area contributed by atoms with Crippen molar-refractivity contribution in [3.63, 3.8) is 0 Å². The van der Waals surface area contributed by atoms with Crippen LogP contribution in [0.15, 0.2) is 43.0 Å². The molecule has 1 aromatic heterocycles. The summed E-state index contributed by atoms with van der Waals surface area (Å²) in [5.74, 6) is 0. The van der Waals surface area contributed by atoms with Gasteiger partial charge in [0.2, 0.25) is 0 Å². The highest BCUT2D eigenvalue weighted by molar-refractivity contribution is 5.28. The monoisotopic (exact) mass is 230 g/mol. The van der Waals surface area contributed by atoms with E-state index in [1.54, 1.807) is 6.20 Å². The van der Waals surface area contributed by atoms with Crippen LogP contribution in [0.1, 0.15) is 17.4 Å². The normalized spacial score (nSPS) is 16.5. The Morgan fingerprint density at radius 2 is 2.06 bits per heavy atom. The van der Waals surface area contributed by atoms with Crippen LogP contribution in [-0.2, 0) is 16.0 Å². The highest BCUT2D eigenvalue weighted by Gasteiger charge is 2.20. The minimum atomic E-state index is -0.213. The second kappa shape index (κ2) is 4.69. The fourth-order valence-electron chi connectivity index (χ4n) is 2.02. The maximum absolute atomic E-state index is 5.55. The Morgan fingerprint density at radius 1 is 1.24 bits per heavy atom. The number of benzene rings is 1. The molecule has 88 valence electrons. The summed E-state index contributed by atoms with van der Waals surface area (Å²) in [6.07, 6.45) is 5.33. The van der Waals surface area contributed by atoms with E-state index in [9.17, 15) is 0 Å². The van der Waals surface area contributed by atoms with Crippen LogP contribution >= 0.6 is 0 Å². The minimum absolute atomic E-state index is 0.213. The maximum atomic E-state index is 5.55. The van der Waals surface area contributed by atoms with Crippen LogP contribution in [0, 0.1) is 0 Å². The Morgan fingerprint density at radius 3 is 2.82 bits per heavy atom. The van der Waals surface area contributed by atoms with Crippen LogP contribution in [0.25, 0.3) is 0 Å². The van der Waals surface area contributed by atoms with Crippen molar-refractivity contribution >= 4 is 0 Å². The molecule has 1 aromatic carbocycles. The summed E-state index contributed by atoms with van der Waals surface area (Å²) in [5, 5.41) is 0. The first kappa shape index (κ1) is 10.5. The summed E-state index contributed by atoms with van der Waals surface area (Å²) in [6, 6.07) is 8.20. The molecular formula is C13H14N2O2. The maximum Gasteiger partial charge on any atom is 0.184 e. The highest BCUT2D eigenvalue weighted by atomic mass is 16.7. The van der Waals surface area contributed by atoms with Crippen molar-refractivity contribution in [1.82, 2.24) is 9.55 Å². The largest absolute Gasteiger partial charge is 0.346 e. The number of rotatable bonds is 3. The molecule has 0 unspecified atom stereocenters. The van der Waals surface area contributed by atoms with Gasteiger partial charge in [-0.3, -0.25) is 0 Å². The van der Waals surface area contributed by atoms with E-state index in [4.69, 9.17) is 9.47 Å². The fourth-order valence-corrected chi connectivity index (χ4v) is 2.02. The summed E-state index contributed by atoms with van der Waals surface area (Å²) in [6.45, 7) is 2.13. The number of nitrogens with zero attached hydrogens (tertiary/aromatic N) is 2. The number of imidazole rings is 1. The third-order valence-corrected chi connectivity index (χ3v) is 2.84. The van der Waals surface area contributed by atoms with E-state index in [1.165, 1.54) is 5.56 Å². The minimum Gasteiger partial charge on any atom is -0.346 e. The van der Waals surface area contributed by atoms with E-state index in [0.717, 1.165) is 12.1 Å². The molecule has 0 aliphatic carbocycles. The van der Waals surface area contributed by atoms with E-state index in [2.05, 4.69) is 17.1 Å². The van der Waals surface area contributed by atoms with Gasteiger partial charge in [0, 0.05) is 24.5 Å². The van der Waals surface area contributed by atoms with Gasteiger partial charge in [0.15, 0.2) is 6.29 Å². The lowest BCUT2D eigenvalue weighted by atomic mass is 10.1. The van der Waals surface area contributed by atoms with Crippen LogP contribution < -0.4 is 0 Å². The predicted octanol–water partition coefficient (Wildman–Crippen LogP) is 1.98. The SMILES string of the molecule is c1ccc(C2OCCO2)c(Cn2ccnc2)c1. The summed E-state index contributed by atoms with van der Waals surface area (Å²) >= 11 is 0. The summed E-state index contributed by atoms with van der Waals surface area (Å²) in [4.78, 5) is 4.05. The molecule has 2 heterocycles. The van der Waals surface area contributed by atoms with E-state index in [1.807, 2.05) is 29.2 Å². The first-order valence-electron chi connectivity index (χ1n) is 5.70. The molecule has 4 nitrogen and oxygen atoms in total. The van der Waals surface area contributed by atoms with E-state index in [-0.39, 0.29) is 6.29 Å². The van der Waals surface area contributed by atoms with E-state index < -0.39 is 0 Å². The van der Waals surface area contributed by atoms with Gasteiger partial charge in [0.05, 0.1) is 19.5 Å². The first-order valence-corrected chi connectivity index (χ1v) is 5.70. The molecule has 1 saturated heterocycles. The average Bonchev–Trinajstić information content (AvgIpc) is 3.01. The number of hydrogen-bond acceptors (Lipinski definition) is 3. The first-order chi connectivity index (χ1) is 8.43. The zero-order chi connectivity index (χ0) is 11.5. The van der Waals surface area contributed by atoms with Gasteiger partial charge in [-0.25, -0.2) is 4.98 Å². The lowest BCUT2D eigenvalue weighted by Crippen LogP contribution is -2.06. The summed E-state index contributed by atoms with van der Waals surface area (Å²) in [7, 11) is 0. The molecule has 0 bridgehead atoms. The zero-order valence-electron chi connectivity index (χ0n) is 9.45. The van der Waals surface area contributed by atoms with Crippen molar-refractivity contribution in [2.75, 3.05) is 13.2 Å². The molecule has 0 amide bonds. The molecule has 2 aromatic rings. The van der Waals surface area contributed by atoms with Crippen molar-refractivity contribution in [3.05, 3.63) is 54.1 Å². The van der Waals surface area contributed by atoms with Gasteiger partial charge in [0.25, 0.3) is 0 Å². The van der Waals surface area contributed by atoms with Gasteiger partial charge in [-0.05, 0) is 5.56 Å². The van der Waals surface area contributed by atoms with Crippen molar-refractivity contribution in [3.8, 4) is 0 Å². The van der Waals surface area contributed by atoms with Gasteiger partial charge >= 0.3 is 0 Å². The van der Waals surface area contributed by atoms with Crippen LogP contribution in [0.5, 0.6) is 0 Å². The Balaban J connectivity index is 1.87. The predicted molar refractivity (Wildman–Crippen MR) is 62.4 cm³/mol. The molecule has 0 radical (unpaired) electrons. The molecular weight excluding hydrogens is 216 g/mol. The van der Waals surface area contributed by atoms with Gasteiger partial charge in [0.1, 0.15) is 0 Å². The van der Waals surface area contributed by atoms with E-state index >= 15 is 0 Å². The average molecular weight is 230 g/mol. The van der Waals surface area contributed by atoms with Gasteiger partial charge in [-0.15, -0.1) is 0 Å². The van der Waals surface area contributed by atoms with Crippen molar-refractivity contribution < 1.29 is 9.47 Å². The van der Waals surface area contributed by atoms with Crippen molar-refractivity contribution in [2.45, 2.75) is 12.8 Å². The lowest BCUT2D eigenvalue weighted by Gasteiger charge is -2.14. The topological polar surface area (TPSA) is 36.3 Å². The van der Waals surface area contributed by atoms with Crippen LogP contribution in [0.2, 0.25) is 0 Å². The molecule has 0 saturated carbocycles. The lowest BCUT2D eigenvalue weighted by molar-refractivity contribution is -0.0447. The molecule has 1 fully saturated rings. The van der Waals surface area contributed by atoms with Gasteiger partial charge < -0.3 is 14.0 Å². The molecule has 1 aliphatic heterocycles. The van der Waals surface area contributed by atoms with Gasteiger partial charge in [-0.1, -0.05) is 24.3 Å². The third kappa shape index (κ3) is 2.23. The molecule has 0 spiro atoms. The molecule has 1 aliphatic rings. The van der Waals surface area contributed by atoms with Crippen LogP contribution in [0.3, 0.4) is 0 Å². The third-order valence-electron chi connectivity index (χ3n) is 2.84. The zero-order valence-corrected chi connectivity index (χ0v) is 9.45. The molecule has 0 atom stereocenters. The van der Waals surface area contributed by atoms with E-state index in [0.29, 0.717) is 13.2 Å². The van der Waals surface area contributed by atoms with Crippen LogP contribution in [0.4, 0.5) is 0 Å². The number of aromatic nitrogens is 2. The number of hydrogen-bond donors (Lipinski definition) is 0. The molecule has 3 rings (SSSR count). The molecule has 17 heavy (non-hydrogen) atoms. The Labute approximate surface area is 99.8 Å². The second-order valence-electron chi connectivity index (χ2n) is 4.01. The standard InChI is InChI=1S/C13H14N2O2/c1-2-4-12(13-16-7-8-17-13)11(3-1)9-15-6-5-14-10-15/h1-6,10,13H,7-9H2. The Bertz CT molecular complexity index is 476. The van der Waals surface area contributed by atoms with Gasteiger partial charge in [-0.2, -0.15) is 0 Å².